The quantitative estimate of drug-likeness (QED) is 0.753. The van der Waals surface area contributed by atoms with Gasteiger partial charge < -0.3 is 20.9 Å². The van der Waals surface area contributed by atoms with E-state index >= 15 is 0 Å². The van der Waals surface area contributed by atoms with Crippen molar-refractivity contribution < 1.29 is 9.59 Å². The van der Waals surface area contributed by atoms with E-state index in [1.807, 2.05) is 12.1 Å². The number of nitrogens with one attached hydrogen (secondary N) is 3. The van der Waals surface area contributed by atoms with Crippen LogP contribution < -0.4 is 16.0 Å². The summed E-state index contributed by atoms with van der Waals surface area (Å²) in [4.78, 5) is 25.9. The Labute approximate surface area is 149 Å². The molecule has 25 heavy (non-hydrogen) atoms. The Balaban J connectivity index is 1.34. The van der Waals surface area contributed by atoms with E-state index in [-0.39, 0.29) is 18.5 Å². The first-order valence-electron chi connectivity index (χ1n) is 9.29. The van der Waals surface area contributed by atoms with Crippen molar-refractivity contribution in [3.8, 4) is 0 Å². The summed E-state index contributed by atoms with van der Waals surface area (Å²) in [5.74, 6) is 0.534. The number of carbonyl (C=O) groups excluding carboxylic acids is 2. The number of carbonyl (C=O) groups is 2. The normalized spacial score (nSPS) is 19.8. The number of nitrogens with zero attached hydrogens (tertiary/aromatic N) is 1. The number of rotatable bonds is 5. The van der Waals surface area contributed by atoms with Crippen LogP contribution in [0.15, 0.2) is 24.3 Å². The van der Waals surface area contributed by atoms with E-state index in [4.69, 9.17) is 0 Å². The first-order chi connectivity index (χ1) is 12.2. The summed E-state index contributed by atoms with van der Waals surface area (Å²) in [5, 5.41) is 9.02. The lowest BCUT2D eigenvalue weighted by molar-refractivity contribution is -0.120. The maximum absolute atomic E-state index is 12.3. The second-order valence-electron chi connectivity index (χ2n) is 6.95. The fraction of sp³-hybridized carbons (Fsp3) is 0.579. The Morgan fingerprint density at radius 3 is 2.84 bits per heavy atom. The van der Waals surface area contributed by atoms with E-state index in [9.17, 15) is 9.59 Å². The molecule has 0 bridgehead atoms. The molecular formula is C19H28N4O2. The van der Waals surface area contributed by atoms with E-state index in [2.05, 4.69) is 28.1 Å². The van der Waals surface area contributed by atoms with Crippen molar-refractivity contribution in [2.24, 2.45) is 5.92 Å². The third-order valence-electron chi connectivity index (χ3n) is 5.09. The monoisotopic (exact) mass is 344 g/mol. The Hall–Kier alpha value is -2.08. The summed E-state index contributed by atoms with van der Waals surface area (Å²) >= 11 is 0. The molecule has 0 radical (unpaired) electrons. The summed E-state index contributed by atoms with van der Waals surface area (Å²) in [6.45, 7) is 4.17. The SMILES string of the molecule is O=C(CNC(=O)N1CCc2ccccc2C1)NCCC1CCCNC1. The van der Waals surface area contributed by atoms with Crippen LogP contribution in [-0.4, -0.2) is 49.6 Å². The lowest BCUT2D eigenvalue weighted by Gasteiger charge is -2.28. The fourth-order valence-corrected chi connectivity index (χ4v) is 3.59. The standard InChI is InChI=1S/C19H28N4O2/c24-18(21-10-7-15-4-3-9-20-12-15)13-22-19(25)23-11-8-16-5-1-2-6-17(16)14-23/h1-2,5-6,15,20H,3-4,7-14H2,(H,21,24)(H,22,25). The molecule has 6 heteroatoms. The minimum Gasteiger partial charge on any atom is -0.355 e. The number of fused-ring (bicyclic) bond motifs is 1. The first kappa shape index (κ1) is 17.7. The topological polar surface area (TPSA) is 73.5 Å². The highest BCUT2D eigenvalue weighted by Gasteiger charge is 2.20. The molecule has 2 heterocycles. The van der Waals surface area contributed by atoms with Gasteiger partial charge in [-0.1, -0.05) is 24.3 Å². The van der Waals surface area contributed by atoms with Crippen LogP contribution in [0.5, 0.6) is 0 Å². The van der Waals surface area contributed by atoms with Gasteiger partial charge in [0.1, 0.15) is 0 Å². The number of hydrogen-bond acceptors (Lipinski definition) is 3. The molecule has 1 atom stereocenters. The van der Waals surface area contributed by atoms with E-state index in [1.54, 1.807) is 4.90 Å². The van der Waals surface area contributed by atoms with Crippen molar-refractivity contribution in [3.05, 3.63) is 35.4 Å². The van der Waals surface area contributed by atoms with E-state index < -0.39 is 0 Å². The summed E-state index contributed by atoms with van der Waals surface area (Å²) in [7, 11) is 0. The molecule has 0 spiro atoms. The van der Waals surface area contributed by atoms with Crippen LogP contribution in [0.25, 0.3) is 0 Å². The first-order valence-corrected chi connectivity index (χ1v) is 9.29. The van der Waals surface area contributed by atoms with Crippen LogP contribution in [0.3, 0.4) is 0 Å². The average molecular weight is 344 g/mol. The van der Waals surface area contributed by atoms with E-state index in [0.29, 0.717) is 25.6 Å². The predicted molar refractivity (Wildman–Crippen MR) is 97.2 cm³/mol. The molecule has 0 aliphatic carbocycles. The highest BCUT2D eigenvalue weighted by atomic mass is 16.2. The highest BCUT2D eigenvalue weighted by molar-refractivity contribution is 5.84. The van der Waals surface area contributed by atoms with Gasteiger partial charge >= 0.3 is 6.03 Å². The number of hydrogen-bond donors (Lipinski definition) is 3. The van der Waals surface area contributed by atoms with Gasteiger partial charge in [-0.3, -0.25) is 4.79 Å². The van der Waals surface area contributed by atoms with Crippen LogP contribution in [0.4, 0.5) is 4.79 Å². The van der Waals surface area contributed by atoms with E-state index in [0.717, 1.165) is 25.9 Å². The van der Waals surface area contributed by atoms with Crippen molar-refractivity contribution in [1.29, 1.82) is 0 Å². The molecule has 0 aromatic heterocycles. The molecule has 6 nitrogen and oxygen atoms in total. The summed E-state index contributed by atoms with van der Waals surface area (Å²) < 4.78 is 0. The van der Waals surface area contributed by atoms with Gasteiger partial charge in [-0.25, -0.2) is 4.79 Å². The van der Waals surface area contributed by atoms with Crippen LogP contribution in [-0.2, 0) is 17.8 Å². The van der Waals surface area contributed by atoms with Crippen LogP contribution in [0, 0.1) is 5.92 Å². The molecule has 136 valence electrons. The van der Waals surface area contributed by atoms with Crippen LogP contribution in [0.1, 0.15) is 30.4 Å². The second-order valence-corrected chi connectivity index (χ2v) is 6.95. The van der Waals surface area contributed by atoms with Gasteiger partial charge in [0.15, 0.2) is 0 Å². The summed E-state index contributed by atoms with van der Waals surface area (Å²) in [5.41, 5.74) is 2.50. The zero-order chi connectivity index (χ0) is 17.5. The molecule has 2 aliphatic heterocycles. The van der Waals surface area contributed by atoms with Gasteiger partial charge in [0, 0.05) is 19.6 Å². The minimum atomic E-state index is -0.166. The Kier molecular flexibility index (Phi) is 6.28. The smallest absolute Gasteiger partial charge is 0.318 e. The van der Waals surface area contributed by atoms with Gasteiger partial charge in [-0.05, 0) is 55.8 Å². The molecule has 1 fully saturated rings. The van der Waals surface area contributed by atoms with Gasteiger partial charge in [0.25, 0.3) is 0 Å². The van der Waals surface area contributed by atoms with E-state index in [1.165, 1.54) is 24.0 Å². The van der Waals surface area contributed by atoms with Crippen LogP contribution >= 0.6 is 0 Å². The predicted octanol–water partition coefficient (Wildman–Crippen LogP) is 1.26. The van der Waals surface area contributed by atoms with Gasteiger partial charge in [0.2, 0.25) is 5.91 Å². The molecule has 3 N–H and O–H groups in total. The molecule has 3 amide bonds. The molecule has 0 saturated carbocycles. The fourth-order valence-electron chi connectivity index (χ4n) is 3.59. The number of benzene rings is 1. The molecule has 1 unspecified atom stereocenters. The van der Waals surface area contributed by atoms with Gasteiger partial charge in [-0.15, -0.1) is 0 Å². The number of urea groups is 1. The van der Waals surface area contributed by atoms with Crippen molar-refractivity contribution in [3.63, 3.8) is 0 Å². The largest absolute Gasteiger partial charge is 0.355 e. The summed E-state index contributed by atoms with van der Waals surface area (Å²) in [6, 6.07) is 8.03. The molecule has 1 aromatic rings. The Bertz CT molecular complexity index is 599. The molecule has 3 rings (SSSR count). The Morgan fingerprint density at radius 2 is 2.04 bits per heavy atom. The average Bonchev–Trinajstić information content (AvgIpc) is 2.66. The van der Waals surface area contributed by atoms with Gasteiger partial charge in [0.05, 0.1) is 6.54 Å². The number of amides is 3. The van der Waals surface area contributed by atoms with Crippen molar-refractivity contribution in [1.82, 2.24) is 20.9 Å². The maximum Gasteiger partial charge on any atom is 0.318 e. The van der Waals surface area contributed by atoms with Crippen LogP contribution in [0.2, 0.25) is 0 Å². The van der Waals surface area contributed by atoms with Crippen molar-refractivity contribution in [2.75, 3.05) is 32.7 Å². The second kappa shape index (κ2) is 8.85. The summed E-state index contributed by atoms with van der Waals surface area (Å²) in [6.07, 6.45) is 4.31. The zero-order valence-corrected chi connectivity index (χ0v) is 14.7. The van der Waals surface area contributed by atoms with Crippen molar-refractivity contribution >= 4 is 11.9 Å². The zero-order valence-electron chi connectivity index (χ0n) is 14.7. The molecule has 2 aliphatic rings. The Morgan fingerprint density at radius 1 is 1.20 bits per heavy atom. The molecule has 1 aromatic carbocycles. The molecule has 1 saturated heterocycles. The lowest BCUT2D eigenvalue weighted by atomic mass is 9.96. The van der Waals surface area contributed by atoms with Gasteiger partial charge in [-0.2, -0.15) is 0 Å². The third-order valence-corrected chi connectivity index (χ3v) is 5.09. The third kappa shape index (κ3) is 5.19. The molecular weight excluding hydrogens is 316 g/mol. The maximum atomic E-state index is 12.3. The minimum absolute atomic E-state index is 0.0416. The lowest BCUT2D eigenvalue weighted by Crippen LogP contribution is -2.46. The number of piperidine rings is 1. The van der Waals surface area contributed by atoms with Crippen molar-refractivity contribution in [2.45, 2.75) is 32.2 Å². The highest BCUT2D eigenvalue weighted by Crippen LogP contribution is 2.18.